The van der Waals surface area contributed by atoms with Gasteiger partial charge in [-0.25, -0.2) is 0 Å². The van der Waals surface area contributed by atoms with Crippen LogP contribution < -0.4 is 5.11 Å². The molecule has 0 aliphatic heterocycles. The Morgan fingerprint density at radius 2 is 1.88 bits per heavy atom. The lowest BCUT2D eigenvalue weighted by atomic mass is 9.48. The lowest BCUT2D eigenvalue weighted by Crippen LogP contribution is -2.53. The quantitative estimate of drug-likeness (QED) is 0.710. The SMILES string of the molecule is O=C([O-])CCC12C[C@H]3C[C@@H](CC(Cl)(C3)C1)C2. The molecule has 4 aliphatic rings. The number of carboxylic acid groups (broad SMARTS) is 1. The third kappa shape index (κ3) is 1.75. The van der Waals surface area contributed by atoms with E-state index in [1.807, 2.05) is 0 Å². The maximum atomic E-state index is 10.6. The largest absolute Gasteiger partial charge is 0.550 e. The highest BCUT2D eigenvalue weighted by Gasteiger charge is 2.56. The molecule has 0 heterocycles. The fourth-order valence-corrected chi connectivity index (χ4v) is 5.72. The third-order valence-electron chi connectivity index (χ3n) is 4.97. The molecular formula is C13H18ClO2-. The number of halogens is 1. The number of alkyl halides is 1. The van der Waals surface area contributed by atoms with Crippen LogP contribution in [0.25, 0.3) is 0 Å². The molecule has 2 nitrogen and oxygen atoms in total. The molecule has 4 rings (SSSR count). The molecule has 0 N–H and O–H groups in total. The fraction of sp³-hybridized carbons (Fsp3) is 0.923. The maximum Gasteiger partial charge on any atom is 0.0457 e. The van der Waals surface area contributed by atoms with Crippen molar-refractivity contribution in [2.75, 3.05) is 0 Å². The van der Waals surface area contributed by atoms with E-state index in [0.717, 1.165) is 37.5 Å². The first kappa shape index (κ1) is 10.9. The van der Waals surface area contributed by atoms with Crippen molar-refractivity contribution >= 4 is 17.6 Å². The summed E-state index contributed by atoms with van der Waals surface area (Å²) in [6.07, 6.45) is 8.14. The highest BCUT2D eigenvalue weighted by molar-refractivity contribution is 6.24. The molecule has 2 atom stereocenters. The number of rotatable bonds is 3. The minimum atomic E-state index is -0.903. The maximum absolute atomic E-state index is 10.6. The molecule has 4 bridgehead atoms. The molecule has 4 saturated carbocycles. The molecule has 16 heavy (non-hydrogen) atoms. The van der Waals surface area contributed by atoms with Gasteiger partial charge in [0.25, 0.3) is 0 Å². The number of hydrogen-bond donors (Lipinski definition) is 0. The summed E-state index contributed by atoms with van der Waals surface area (Å²) in [5, 5.41) is 10.6. The highest BCUT2D eigenvalue weighted by Crippen LogP contribution is 2.65. The van der Waals surface area contributed by atoms with Crippen molar-refractivity contribution in [1.82, 2.24) is 0 Å². The third-order valence-corrected chi connectivity index (χ3v) is 5.41. The van der Waals surface area contributed by atoms with E-state index < -0.39 is 5.97 Å². The minimum absolute atomic E-state index is 0.00994. The van der Waals surface area contributed by atoms with Crippen LogP contribution in [0.1, 0.15) is 51.4 Å². The van der Waals surface area contributed by atoms with Crippen molar-refractivity contribution in [2.24, 2.45) is 17.3 Å². The normalized spacial score (nSPS) is 49.6. The molecule has 0 radical (unpaired) electrons. The Morgan fingerprint density at radius 1 is 1.25 bits per heavy atom. The minimum Gasteiger partial charge on any atom is -0.550 e. The zero-order valence-electron chi connectivity index (χ0n) is 9.51. The lowest BCUT2D eigenvalue weighted by Gasteiger charge is -2.60. The zero-order chi connectivity index (χ0) is 11.4. The molecule has 0 saturated heterocycles. The molecular weight excluding hydrogens is 224 g/mol. The fourth-order valence-electron chi connectivity index (χ4n) is 5.00. The average molecular weight is 242 g/mol. The molecule has 0 spiro atoms. The second-order valence-electron chi connectivity index (χ2n) is 6.48. The van der Waals surface area contributed by atoms with Crippen molar-refractivity contribution in [1.29, 1.82) is 0 Å². The van der Waals surface area contributed by atoms with Gasteiger partial charge in [-0.05, 0) is 68.6 Å². The van der Waals surface area contributed by atoms with Crippen molar-refractivity contribution in [3.8, 4) is 0 Å². The van der Waals surface area contributed by atoms with Gasteiger partial charge in [0.05, 0.1) is 0 Å². The lowest BCUT2D eigenvalue weighted by molar-refractivity contribution is -0.306. The van der Waals surface area contributed by atoms with E-state index in [2.05, 4.69) is 0 Å². The zero-order valence-corrected chi connectivity index (χ0v) is 10.3. The molecule has 0 aromatic heterocycles. The Hall–Kier alpha value is -0.240. The van der Waals surface area contributed by atoms with Crippen LogP contribution in [0.3, 0.4) is 0 Å². The van der Waals surface area contributed by atoms with Gasteiger partial charge >= 0.3 is 0 Å². The number of aliphatic carboxylic acids is 1. The summed E-state index contributed by atoms with van der Waals surface area (Å²) in [5.74, 6) is 0.625. The van der Waals surface area contributed by atoms with E-state index in [1.165, 1.54) is 19.3 Å². The summed E-state index contributed by atoms with van der Waals surface area (Å²) in [4.78, 5) is 10.6. The van der Waals surface area contributed by atoms with E-state index in [-0.39, 0.29) is 16.7 Å². The van der Waals surface area contributed by atoms with Crippen molar-refractivity contribution in [3.63, 3.8) is 0 Å². The van der Waals surface area contributed by atoms with Crippen LogP contribution in [0.15, 0.2) is 0 Å². The molecule has 0 amide bonds. The molecule has 3 heteroatoms. The predicted octanol–water partition coefficient (Wildman–Crippen LogP) is 2.09. The molecule has 4 fully saturated rings. The Balaban J connectivity index is 1.78. The van der Waals surface area contributed by atoms with Gasteiger partial charge in [0, 0.05) is 10.8 Å². The number of hydrogen-bond acceptors (Lipinski definition) is 2. The van der Waals surface area contributed by atoms with Crippen LogP contribution in [0.5, 0.6) is 0 Å². The van der Waals surface area contributed by atoms with Gasteiger partial charge in [0.1, 0.15) is 0 Å². The van der Waals surface area contributed by atoms with Crippen LogP contribution >= 0.6 is 11.6 Å². The van der Waals surface area contributed by atoms with Gasteiger partial charge in [-0.3, -0.25) is 0 Å². The standard InChI is InChI=1S/C13H19ClO2/c14-13-6-9-3-10(7-13)5-12(4-9,8-13)2-1-11(15)16/h9-10H,1-8H2,(H,15,16)/p-1/t9-,10-,12?,13?/m1/s1. The molecule has 0 aromatic rings. The van der Waals surface area contributed by atoms with Gasteiger partial charge in [-0.15, -0.1) is 11.6 Å². The Bertz CT molecular complexity index is 312. The Labute approximate surface area is 101 Å². The number of carbonyl (C=O) groups excluding carboxylic acids is 1. The van der Waals surface area contributed by atoms with Gasteiger partial charge in [-0.2, -0.15) is 0 Å². The molecule has 4 aliphatic carbocycles. The first-order valence-corrected chi connectivity index (χ1v) is 6.75. The summed E-state index contributed by atoms with van der Waals surface area (Å²) in [6.45, 7) is 0. The van der Waals surface area contributed by atoms with Crippen molar-refractivity contribution < 1.29 is 9.90 Å². The molecule has 0 aromatic carbocycles. The second-order valence-corrected chi connectivity index (χ2v) is 7.29. The smallest absolute Gasteiger partial charge is 0.0457 e. The number of carboxylic acids is 1. The Kier molecular flexibility index (Phi) is 2.30. The predicted molar refractivity (Wildman–Crippen MR) is 59.9 cm³/mol. The Morgan fingerprint density at radius 3 is 2.38 bits per heavy atom. The van der Waals surface area contributed by atoms with Gasteiger partial charge in [-0.1, -0.05) is 0 Å². The van der Waals surface area contributed by atoms with E-state index in [9.17, 15) is 9.90 Å². The van der Waals surface area contributed by atoms with Crippen LogP contribution in [0, 0.1) is 17.3 Å². The van der Waals surface area contributed by atoms with Crippen molar-refractivity contribution in [2.45, 2.75) is 56.2 Å². The molecule has 0 unspecified atom stereocenters. The van der Waals surface area contributed by atoms with Crippen LogP contribution in [0.4, 0.5) is 0 Å². The second kappa shape index (κ2) is 3.38. The number of carbonyl (C=O) groups is 1. The van der Waals surface area contributed by atoms with Gasteiger partial charge < -0.3 is 9.90 Å². The van der Waals surface area contributed by atoms with E-state index in [0.29, 0.717) is 0 Å². The van der Waals surface area contributed by atoms with Gasteiger partial charge in [0.15, 0.2) is 0 Å². The van der Waals surface area contributed by atoms with E-state index in [4.69, 9.17) is 11.6 Å². The van der Waals surface area contributed by atoms with Crippen LogP contribution in [0.2, 0.25) is 0 Å². The summed E-state index contributed by atoms with van der Waals surface area (Å²) in [6, 6.07) is 0. The van der Waals surface area contributed by atoms with E-state index >= 15 is 0 Å². The summed E-state index contributed by atoms with van der Waals surface area (Å²) < 4.78 is 0. The monoisotopic (exact) mass is 241 g/mol. The summed E-state index contributed by atoms with van der Waals surface area (Å²) in [7, 11) is 0. The van der Waals surface area contributed by atoms with Crippen LogP contribution in [-0.4, -0.2) is 10.8 Å². The van der Waals surface area contributed by atoms with Crippen LogP contribution in [-0.2, 0) is 4.79 Å². The first-order chi connectivity index (χ1) is 7.49. The summed E-state index contributed by atoms with van der Waals surface area (Å²) >= 11 is 6.67. The first-order valence-electron chi connectivity index (χ1n) is 6.38. The van der Waals surface area contributed by atoms with Gasteiger partial charge in [0.2, 0.25) is 0 Å². The highest BCUT2D eigenvalue weighted by atomic mass is 35.5. The topological polar surface area (TPSA) is 40.1 Å². The molecule has 90 valence electrons. The summed E-state index contributed by atoms with van der Waals surface area (Å²) in [5.41, 5.74) is 0.242. The van der Waals surface area contributed by atoms with Crippen molar-refractivity contribution in [3.05, 3.63) is 0 Å². The van der Waals surface area contributed by atoms with E-state index in [1.54, 1.807) is 0 Å². The average Bonchev–Trinajstić information content (AvgIpc) is 2.10.